The van der Waals surface area contributed by atoms with E-state index in [4.69, 9.17) is 10.5 Å². The summed E-state index contributed by atoms with van der Waals surface area (Å²) in [6.45, 7) is 4.70. The van der Waals surface area contributed by atoms with Crippen LogP contribution >= 0.6 is 11.8 Å². The molecule has 0 aromatic heterocycles. The third-order valence-electron chi connectivity index (χ3n) is 2.47. The molecule has 0 spiro atoms. The molecule has 0 amide bonds. The minimum absolute atomic E-state index is 0.651. The largest absolute Gasteiger partial charge is 0.494 e. The Kier molecular flexibility index (Phi) is 4.15. The quantitative estimate of drug-likeness (QED) is 0.839. The highest BCUT2D eigenvalue weighted by molar-refractivity contribution is 7.99. The molecule has 0 fully saturated rings. The summed E-state index contributed by atoms with van der Waals surface area (Å²) in [6.07, 6.45) is 0. The minimum Gasteiger partial charge on any atom is -0.494 e. The Hall–Kier alpha value is -1.61. The average molecular weight is 259 g/mol. The third kappa shape index (κ3) is 3.44. The predicted molar refractivity (Wildman–Crippen MR) is 77.3 cm³/mol. The van der Waals surface area contributed by atoms with Crippen molar-refractivity contribution in [1.29, 1.82) is 0 Å². The highest BCUT2D eigenvalue weighted by Gasteiger charge is 2.02. The van der Waals surface area contributed by atoms with Gasteiger partial charge in [0.05, 0.1) is 6.61 Å². The number of hydrogen-bond acceptors (Lipinski definition) is 3. The van der Waals surface area contributed by atoms with Gasteiger partial charge in [0.1, 0.15) is 5.75 Å². The summed E-state index contributed by atoms with van der Waals surface area (Å²) in [5.74, 6) is 0.826. The van der Waals surface area contributed by atoms with E-state index in [9.17, 15) is 0 Å². The van der Waals surface area contributed by atoms with Crippen molar-refractivity contribution in [2.24, 2.45) is 0 Å². The van der Waals surface area contributed by atoms with Crippen LogP contribution in [0, 0.1) is 6.92 Å². The SMILES string of the molecule is CCOc1cc(N)cc(Sc2ccc(C)cc2)c1. The van der Waals surface area contributed by atoms with E-state index in [0.717, 1.165) is 16.3 Å². The number of aryl methyl sites for hydroxylation is 1. The highest BCUT2D eigenvalue weighted by Crippen LogP contribution is 2.32. The van der Waals surface area contributed by atoms with E-state index in [1.54, 1.807) is 11.8 Å². The van der Waals surface area contributed by atoms with E-state index in [0.29, 0.717) is 6.61 Å². The van der Waals surface area contributed by atoms with Crippen molar-refractivity contribution in [2.75, 3.05) is 12.3 Å². The van der Waals surface area contributed by atoms with Gasteiger partial charge < -0.3 is 10.5 Å². The molecular weight excluding hydrogens is 242 g/mol. The lowest BCUT2D eigenvalue weighted by Crippen LogP contribution is -1.93. The van der Waals surface area contributed by atoms with Crippen LogP contribution in [0.5, 0.6) is 5.75 Å². The molecule has 0 saturated carbocycles. The first kappa shape index (κ1) is 12.8. The first-order chi connectivity index (χ1) is 8.67. The molecule has 0 heterocycles. The van der Waals surface area contributed by atoms with Gasteiger partial charge >= 0.3 is 0 Å². The second-order valence-electron chi connectivity index (χ2n) is 4.09. The van der Waals surface area contributed by atoms with E-state index < -0.39 is 0 Å². The van der Waals surface area contributed by atoms with E-state index in [2.05, 4.69) is 31.2 Å². The Morgan fingerprint density at radius 1 is 1.06 bits per heavy atom. The Balaban J connectivity index is 2.20. The molecule has 0 radical (unpaired) electrons. The molecule has 2 N–H and O–H groups in total. The van der Waals surface area contributed by atoms with Crippen LogP contribution in [-0.4, -0.2) is 6.61 Å². The van der Waals surface area contributed by atoms with Gasteiger partial charge in [-0.1, -0.05) is 29.5 Å². The van der Waals surface area contributed by atoms with Crippen LogP contribution in [0.1, 0.15) is 12.5 Å². The second kappa shape index (κ2) is 5.83. The Bertz CT molecular complexity index is 523. The van der Waals surface area contributed by atoms with E-state index in [1.165, 1.54) is 10.5 Å². The number of nitrogens with two attached hydrogens (primary N) is 1. The van der Waals surface area contributed by atoms with Crippen LogP contribution in [-0.2, 0) is 0 Å². The van der Waals surface area contributed by atoms with Gasteiger partial charge in [-0.05, 0) is 38.1 Å². The fourth-order valence-corrected chi connectivity index (χ4v) is 2.56. The van der Waals surface area contributed by atoms with Crippen LogP contribution in [0.3, 0.4) is 0 Å². The Labute approximate surface area is 112 Å². The van der Waals surface area contributed by atoms with Crippen LogP contribution < -0.4 is 10.5 Å². The van der Waals surface area contributed by atoms with Crippen molar-refractivity contribution in [1.82, 2.24) is 0 Å². The van der Waals surface area contributed by atoms with Crippen LogP contribution in [0.4, 0.5) is 5.69 Å². The van der Waals surface area contributed by atoms with Gasteiger partial charge in [-0.25, -0.2) is 0 Å². The Morgan fingerprint density at radius 2 is 1.78 bits per heavy atom. The lowest BCUT2D eigenvalue weighted by molar-refractivity contribution is 0.339. The van der Waals surface area contributed by atoms with Crippen LogP contribution in [0.2, 0.25) is 0 Å². The normalized spacial score (nSPS) is 10.3. The molecule has 94 valence electrons. The zero-order valence-electron chi connectivity index (χ0n) is 10.6. The molecular formula is C15H17NOS. The Morgan fingerprint density at radius 3 is 2.44 bits per heavy atom. The van der Waals surface area contributed by atoms with Crippen LogP contribution in [0.15, 0.2) is 52.3 Å². The van der Waals surface area contributed by atoms with Gasteiger partial charge in [-0.3, -0.25) is 0 Å². The summed E-state index contributed by atoms with van der Waals surface area (Å²) in [7, 11) is 0. The summed E-state index contributed by atoms with van der Waals surface area (Å²) in [4.78, 5) is 2.30. The van der Waals surface area contributed by atoms with E-state index >= 15 is 0 Å². The molecule has 2 nitrogen and oxygen atoms in total. The molecule has 0 bridgehead atoms. The maximum atomic E-state index is 5.87. The van der Waals surface area contributed by atoms with Gasteiger partial charge in [-0.2, -0.15) is 0 Å². The van der Waals surface area contributed by atoms with Crippen molar-refractivity contribution in [3.8, 4) is 5.75 Å². The molecule has 0 aliphatic heterocycles. The first-order valence-corrected chi connectivity index (χ1v) is 6.77. The topological polar surface area (TPSA) is 35.2 Å². The molecule has 0 aliphatic carbocycles. The standard InChI is InChI=1S/C15H17NOS/c1-3-17-13-8-12(16)9-15(10-13)18-14-6-4-11(2)5-7-14/h4-10H,3,16H2,1-2H3. The zero-order chi connectivity index (χ0) is 13.0. The van der Waals surface area contributed by atoms with Gasteiger partial charge in [-0.15, -0.1) is 0 Å². The summed E-state index contributed by atoms with van der Waals surface area (Å²) in [5.41, 5.74) is 7.87. The van der Waals surface area contributed by atoms with Gasteiger partial charge in [0, 0.05) is 21.5 Å². The lowest BCUT2D eigenvalue weighted by atomic mass is 10.2. The smallest absolute Gasteiger partial charge is 0.122 e. The maximum absolute atomic E-state index is 5.87. The molecule has 0 saturated heterocycles. The van der Waals surface area contributed by atoms with Gasteiger partial charge in [0.2, 0.25) is 0 Å². The molecule has 0 aliphatic rings. The summed E-state index contributed by atoms with van der Waals surface area (Å²) < 4.78 is 5.49. The van der Waals surface area contributed by atoms with Crippen molar-refractivity contribution in [2.45, 2.75) is 23.6 Å². The number of rotatable bonds is 4. The molecule has 0 unspecified atom stereocenters. The number of benzene rings is 2. The molecule has 3 heteroatoms. The van der Waals surface area contributed by atoms with Gasteiger partial charge in [0.15, 0.2) is 0 Å². The number of hydrogen-bond donors (Lipinski definition) is 1. The molecule has 2 rings (SSSR count). The lowest BCUT2D eigenvalue weighted by Gasteiger charge is -2.08. The fourth-order valence-electron chi connectivity index (χ4n) is 1.65. The van der Waals surface area contributed by atoms with Crippen molar-refractivity contribution < 1.29 is 4.74 Å². The van der Waals surface area contributed by atoms with E-state index in [1.807, 2.05) is 25.1 Å². The van der Waals surface area contributed by atoms with Crippen molar-refractivity contribution >= 4 is 17.4 Å². The van der Waals surface area contributed by atoms with Gasteiger partial charge in [0.25, 0.3) is 0 Å². The van der Waals surface area contributed by atoms with Crippen molar-refractivity contribution in [3.05, 3.63) is 48.0 Å². The molecule has 0 atom stereocenters. The minimum atomic E-state index is 0.651. The molecule has 18 heavy (non-hydrogen) atoms. The monoisotopic (exact) mass is 259 g/mol. The number of nitrogen functional groups attached to an aromatic ring is 1. The highest BCUT2D eigenvalue weighted by atomic mass is 32.2. The zero-order valence-corrected chi connectivity index (χ0v) is 11.5. The predicted octanol–water partition coefficient (Wildman–Crippen LogP) is 4.13. The average Bonchev–Trinajstić information content (AvgIpc) is 2.32. The number of ether oxygens (including phenoxy) is 1. The first-order valence-electron chi connectivity index (χ1n) is 5.95. The third-order valence-corrected chi connectivity index (χ3v) is 3.45. The summed E-state index contributed by atoms with van der Waals surface area (Å²) in [6, 6.07) is 14.3. The second-order valence-corrected chi connectivity index (χ2v) is 5.23. The van der Waals surface area contributed by atoms with Crippen LogP contribution in [0.25, 0.3) is 0 Å². The maximum Gasteiger partial charge on any atom is 0.122 e. The van der Waals surface area contributed by atoms with E-state index in [-0.39, 0.29) is 0 Å². The number of anilines is 1. The molecule has 2 aromatic rings. The fraction of sp³-hybridized carbons (Fsp3) is 0.200. The molecule has 2 aromatic carbocycles. The van der Waals surface area contributed by atoms with Crippen molar-refractivity contribution in [3.63, 3.8) is 0 Å². The summed E-state index contributed by atoms with van der Waals surface area (Å²) >= 11 is 1.69. The summed E-state index contributed by atoms with van der Waals surface area (Å²) in [5, 5.41) is 0.